The van der Waals surface area contributed by atoms with Gasteiger partial charge in [-0.05, 0) is 56.5 Å². The van der Waals surface area contributed by atoms with E-state index >= 15 is 0 Å². The zero-order valence-corrected chi connectivity index (χ0v) is 23.9. The van der Waals surface area contributed by atoms with Gasteiger partial charge in [0.05, 0.1) is 11.1 Å². The lowest BCUT2D eigenvalue weighted by atomic mass is 9.99. The van der Waals surface area contributed by atoms with E-state index in [0.717, 1.165) is 42.3 Å². The van der Waals surface area contributed by atoms with Crippen LogP contribution in [0.2, 0.25) is 0 Å². The van der Waals surface area contributed by atoms with Crippen molar-refractivity contribution < 1.29 is 20.4 Å². The summed E-state index contributed by atoms with van der Waals surface area (Å²) < 4.78 is 2.27. The highest BCUT2D eigenvalue weighted by molar-refractivity contribution is 5.95. The highest BCUT2D eigenvalue weighted by atomic mass is 16.3. The maximum absolute atomic E-state index is 10.9. The Kier molecular flexibility index (Phi) is 7.83. The van der Waals surface area contributed by atoms with Gasteiger partial charge >= 0.3 is 0 Å². The largest absolute Gasteiger partial charge is 0.508 e. The van der Waals surface area contributed by atoms with Crippen LogP contribution in [0.15, 0.2) is 54.7 Å². The number of aromatic hydroxyl groups is 4. The van der Waals surface area contributed by atoms with Crippen LogP contribution in [-0.2, 0) is 6.54 Å². The van der Waals surface area contributed by atoms with Crippen molar-refractivity contribution in [1.82, 2.24) is 19.5 Å². The number of phenolic OH excluding ortho intramolecular Hbond substituents is 4. The van der Waals surface area contributed by atoms with Crippen LogP contribution in [0.5, 0.6) is 23.0 Å². The molecule has 0 amide bonds. The van der Waals surface area contributed by atoms with Crippen LogP contribution in [0.4, 0.5) is 0 Å². The molecule has 1 unspecified atom stereocenters. The summed E-state index contributed by atoms with van der Waals surface area (Å²) in [7, 11) is 0. The summed E-state index contributed by atoms with van der Waals surface area (Å²) in [6, 6.07) is 14.2. The number of fused-ring (bicyclic) bond motifs is 1. The summed E-state index contributed by atoms with van der Waals surface area (Å²) >= 11 is 0. The molecule has 2 aromatic heterocycles. The predicted molar refractivity (Wildman–Crippen MR) is 161 cm³/mol. The quantitative estimate of drug-likeness (QED) is 0.149. The van der Waals surface area contributed by atoms with Crippen LogP contribution in [0.1, 0.15) is 50.7 Å². The van der Waals surface area contributed by atoms with Crippen molar-refractivity contribution in [1.29, 1.82) is 0 Å². The molecule has 0 saturated carbocycles. The Morgan fingerprint density at radius 3 is 1.78 bits per heavy atom. The number of phenols is 4. The first kappa shape index (κ1) is 28.0. The third-order valence-corrected chi connectivity index (χ3v) is 7.95. The molecular formula is C33H36N4O4. The maximum Gasteiger partial charge on any atom is 0.167 e. The van der Waals surface area contributed by atoms with Crippen LogP contribution in [0.3, 0.4) is 0 Å². The van der Waals surface area contributed by atoms with Gasteiger partial charge in [0.1, 0.15) is 23.0 Å². The fraction of sp³-hybridized carbons (Fsp3) is 0.303. The first-order chi connectivity index (χ1) is 19.7. The highest BCUT2D eigenvalue weighted by Gasteiger charge is 2.22. The molecule has 0 aliphatic carbocycles. The van der Waals surface area contributed by atoms with E-state index in [-0.39, 0.29) is 34.6 Å². The molecule has 212 valence electrons. The summed E-state index contributed by atoms with van der Waals surface area (Å²) in [4.78, 5) is 14.2. The van der Waals surface area contributed by atoms with Crippen molar-refractivity contribution in [2.45, 2.75) is 59.9 Å². The predicted octanol–water partition coefficient (Wildman–Crippen LogP) is 7.48. The second kappa shape index (κ2) is 11.5. The van der Waals surface area contributed by atoms with Gasteiger partial charge in [-0.1, -0.05) is 51.3 Å². The first-order valence-corrected chi connectivity index (χ1v) is 14.1. The van der Waals surface area contributed by atoms with Gasteiger partial charge in [-0.3, -0.25) is 0 Å². The van der Waals surface area contributed by atoms with E-state index in [2.05, 4.69) is 35.7 Å². The molecule has 41 heavy (non-hydrogen) atoms. The molecule has 5 rings (SSSR count). The second-order valence-corrected chi connectivity index (χ2v) is 10.6. The molecule has 2 heterocycles. The third kappa shape index (κ3) is 5.29. The van der Waals surface area contributed by atoms with E-state index in [4.69, 9.17) is 9.97 Å². The topological polar surface area (TPSA) is 125 Å². The average Bonchev–Trinajstić information content (AvgIpc) is 3.35. The summed E-state index contributed by atoms with van der Waals surface area (Å²) in [5, 5.41) is 43.1. The minimum absolute atomic E-state index is 0.0378. The molecule has 3 aromatic carbocycles. The Labute approximate surface area is 239 Å². The van der Waals surface area contributed by atoms with Gasteiger partial charge in [0.25, 0.3) is 0 Å². The number of aromatic nitrogens is 4. The molecule has 0 saturated heterocycles. The molecular weight excluding hydrogens is 516 g/mol. The highest BCUT2D eigenvalue weighted by Crippen LogP contribution is 2.40. The Balaban J connectivity index is 1.74. The van der Waals surface area contributed by atoms with Crippen LogP contribution in [0, 0.1) is 19.8 Å². The fourth-order valence-corrected chi connectivity index (χ4v) is 5.25. The van der Waals surface area contributed by atoms with Gasteiger partial charge in [0.2, 0.25) is 0 Å². The number of para-hydroxylation sites is 1. The lowest BCUT2D eigenvalue weighted by Gasteiger charge is -2.16. The molecule has 5 aromatic rings. The molecule has 4 N–H and O–H groups in total. The van der Waals surface area contributed by atoms with Gasteiger partial charge in [-0.15, -0.1) is 0 Å². The normalized spacial score (nSPS) is 12.2. The van der Waals surface area contributed by atoms with Crippen molar-refractivity contribution in [3.8, 4) is 57.2 Å². The van der Waals surface area contributed by atoms with E-state index in [1.54, 1.807) is 26.0 Å². The third-order valence-electron chi connectivity index (χ3n) is 7.95. The molecule has 8 heteroatoms. The minimum Gasteiger partial charge on any atom is -0.508 e. The van der Waals surface area contributed by atoms with Crippen LogP contribution in [-0.4, -0.2) is 39.9 Å². The number of rotatable bonds is 9. The lowest BCUT2D eigenvalue weighted by Crippen LogP contribution is -2.09. The summed E-state index contributed by atoms with van der Waals surface area (Å²) in [6.07, 6.45) is 6.67. The van der Waals surface area contributed by atoms with Gasteiger partial charge in [0, 0.05) is 40.3 Å². The zero-order valence-electron chi connectivity index (χ0n) is 23.9. The van der Waals surface area contributed by atoms with Gasteiger partial charge < -0.3 is 25.0 Å². The van der Waals surface area contributed by atoms with Crippen molar-refractivity contribution >= 4 is 10.9 Å². The Hall–Kier alpha value is -4.59. The van der Waals surface area contributed by atoms with Crippen molar-refractivity contribution in [3.05, 3.63) is 65.9 Å². The van der Waals surface area contributed by atoms with Gasteiger partial charge in [-0.25, -0.2) is 15.0 Å². The lowest BCUT2D eigenvalue weighted by molar-refractivity contribution is 0.396. The Morgan fingerprint density at radius 1 is 0.707 bits per heavy atom. The molecule has 0 bridgehead atoms. The SMILES string of the molecule is CCCCC(CC)Cn1cc(-c2nc(-c3ccc(O)c(C)c3O)nc(-c3ccc(O)c(C)c3O)n2)c2ccccc21. The van der Waals surface area contributed by atoms with E-state index in [1.807, 2.05) is 18.2 Å². The van der Waals surface area contributed by atoms with Crippen LogP contribution in [0.25, 0.3) is 45.1 Å². The van der Waals surface area contributed by atoms with Crippen molar-refractivity contribution in [2.24, 2.45) is 5.92 Å². The van der Waals surface area contributed by atoms with E-state index in [1.165, 1.54) is 18.6 Å². The second-order valence-electron chi connectivity index (χ2n) is 10.6. The van der Waals surface area contributed by atoms with E-state index in [9.17, 15) is 20.4 Å². The molecule has 0 spiro atoms. The standard InChI is InChI=1S/C33H36N4O4/c1-5-7-10-21(6-2)17-37-18-25(22-11-8-9-12-26(22)37)33-35-31(23-13-15-27(38)19(3)29(23)40)34-32(36-33)24-14-16-28(39)20(4)30(24)41/h8-9,11-16,18,21,38-41H,5-7,10,17H2,1-4H3. The Morgan fingerprint density at radius 2 is 1.24 bits per heavy atom. The van der Waals surface area contributed by atoms with Crippen molar-refractivity contribution in [2.75, 3.05) is 0 Å². The summed E-state index contributed by atoms with van der Waals surface area (Å²) in [5.41, 5.74) is 3.16. The zero-order chi connectivity index (χ0) is 29.3. The minimum atomic E-state index is -0.136. The number of nitrogens with zero attached hydrogens (tertiary/aromatic N) is 4. The van der Waals surface area contributed by atoms with Gasteiger partial charge in [0.15, 0.2) is 17.5 Å². The number of benzene rings is 3. The smallest absolute Gasteiger partial charge is 0.167 e. The molecule has 0 aliphatic heterocycles. The number of hydrogen-bond acceptors (Lipinski definition) is 7. The van der Waals surface area contributed by atoms with E-state index in [0.29, 0.717) is 34.0 Å². The Bertz CT molecular complexity index is 1650. The molecule has 8 nitrogen and oxygen atoms in total. The summed E-state index contributed by atoms with van der Waals surface area (Å²) in [5.74, 6) is 0.970. The first-order valence-electron chi connectivity index (χ1n) is 14.1. The molecule has 0 fully saturated rings. The van der Waals surface area contributed by atoms with E-state index < -0.39 is 0 Å². The monoisotopic (exact) mass is 552 g/mol. The van der Waals surface area contributed by atoms with Crippen LogP contribution < -0.4 is 0 Å². The molecule has 0 radical (unpaired) electrons. The molecule has 0 aliphatic rings. The summed E-state index contributed by atoms with van der Waals surface area (Å²) in [6.45, 7) is 8.55. The fourth-order valence-electron chi connectivity index (χ4n) is 5.25. The average molecular weight is 553 g/mol. The van der Waals surface area contributed by atoms with Crippen molar-refractivity contribution in [3.63, 3.8) is 0 Å². The molecule has 1 atom stereocenters. The van der Waals surface area contributed by atoms with Gasteiger partial charge in [-0.2, -0.15) is 0 Å². The maximum atomic E-state index is 10.9. The number of unbranched alkanes of at least 4 members (excludes halogenated alkanes) is 1. The number of hydrogen-bond donors (Lipinski definition) is 4. The van der Waals surface area contributed by atoms with Crippen LogP contribution >= 0.6 is 0 Å².